The lowest BCUT2D eigenvalue weighted by Gasteiger charge is -2.06. The number of hydrogen-bond donors (Lipinski definition) is 1. The molecule has 0 atom stereocenters. The molecule has 0 heterocycles. The highest BCUT2D eigenvalue weighted by Gasteiger charge is 2.07. The lowest BCUT2D eigenvalue weighted by atomic mass is 10.1. The van der Waals surface area contributed by atoms with E-state index < -0.39 is 0 Å². The average molecular weight is 243 g/mol. The Morgan fingerprint density at radius 3 is 2.69 bits per heavy atom. The molecule has 0 bridgehead atoms. The average Bonchev–Trinajstić information content (AvgIpc) is 1.98. The molecule has 0 aliphatic heterocycles. The van der Waals surface area contributed by atoms with Gasteiger partial charge >= 0.3 is 0 Å². The van der Waals surface area contributed by atoms with E-state index in [1.165, 1.54) is 6.92 Å². The van der Waals surface area contributed by atoms with Crippen molar-refractivity contribution < 1.29 is 9.90 Å². The molecule has 0 fully saturated rings. The van der Waals surface area contributed by atoms with E-state index in [1.807, 2.05) is 13.0 Å². The van der Waals surface area contributed by atoms with Gasteiger partial charge in [-0.3, -0.25) is 4.79 Å². The van der Waals surface area contributed by atoms with E-state index in [1.54, 1.807) is 6.07 Å². The number of Topliss-reactive ketones (excluding diaryl/α,β-unsaturated/α-hetero) is 1. The van der Waals surface area contributed by atoms with Crippen LogP contribution >= 0.6 is 15.9 Å². The zero-order chi connectivity index (χ0) is 10.0. The van der Waals surface area contributed by atoms with Crippen molar-refractivity contribution in [3.63, 3.8) is 0 Å². The van der Waals surface area contributed by atoms with Crippen LogP contribution in [0, 0.1) is 6.92 Å². The van der Waals surface area contributed by atoms with Crippen molar-refractivity contribution in [2.75, 3.05) is 0 Å². The molecule has 0 aliphatic rings. The maximum Gasteiger partial charge on any atom is 0.134 e. The first-order chi connectivity index (χ1) is 6.00. The summed E-state index contributed by atoms with van der Waals surface area (Å²) in [5.41, 5.74) is 1.46. The van der Waals surface area contributed by atoms with E-state index in [-0.39, 0.29) is 18.0 Å². The zero-order valence-corrected chi connectivity index (χ0v) is 9.18. The third kappa shape index (κ3) is 2.56. The summed E-state index contributed by atoms with van der Waals surface area (Å²) in [6.45, 7) is 3.32. The molecule has 1 aromatic carbocycles. The van der Waals surface area contributed by atoms with Crippen LogP contribution in [-0.2, 0) is 11.2 Å². The van der Waals surface area contributed by atoms with Crippen molar-refractivity contribution >= 4 is 21.7 Å². The van der Waals surface area contributed by atoms with Crippen LogP contribution in [0.15, 0.2) is 16.6 Å². The maximum absolute atomic E-state index is 10.9. The summed E-state index contributed by atoms with van der Waals surface area (Å²) in [5.74, 6) is 0.270. The van der Waals surface area contributed by atoms with E-state index >= 15 is 0 Å². The van der Waals surface area contributed by atoms with Gasteiger partial charge in [0, 0.05) is 16.5 Å². The largest absolute Gasteiger partial charge is 0.507 e. The van der Waals surface area contributed by atoms with Crippen LogP contribution in [-0.4, -0.2) is 10.9 Å². The minimum absolute atomic E-state index is 0.0489. The number of phenols is 1. The van der Waals surface area contributed by atoms with Crippen LogP contribution in [0.3, 0.4) is 0 Å². The van der Waals surface area contributed by atoms with Crippen LogP contribution < -0.4 is 0 Å². The van der Waals surface area contributed by atoms with Gasteiger partial charge in [0.05, 0.1) is 0 Å². The molecule has 1 rings (SSSR count). The summed E-state index contributed by atoms with van der Waals surface area (Å²) < 4.78 is 0.888. The topological polar surface area (TPSA) is 37.3 Å². The lowest BCUT2D eigenvalue weighted by Crippen LogP contribution is -1.97. The number of benzene rings is 1. The molecule has 0 aliphatic carbocycles. The van der Waals surface area contributed by atoms with Crippen molar-refractivity contribution in [3.05, 3.63) is 27.7 Å². The highest BCUT2D eigenvalue weighted by atomic mass is 79.9. The fourth-order valence-electron chi connectivity index (χ4n) is 1.21. The highest BCUT2D eigenvalue weighted by Crippen LogP contribution is 2.26. The summed E-state index contributed by atoms with van der Waals surface area (Å²) in [4.78, 5) is 10.9. The fraction of sp³-hybridized carbons (Fsp3) is 0.300. The Morgan fingerprint density at radius 1 is 1.54 bits per heavy atom. The first-order valence-electron chi connectivity index (χ1n) is 3.98. The minimum atomic E-state index is 0.0489. The summed E-state index contributed by atoms with van der Waals surface area (Å²) >= 11 is 3.31. The standard InChI is InChI=1S/C10H11BrO2/c1-6-3-9(11)5-8(10(6)13)4-7(2)12/h3,5,13H,4H2,1-2H3. The van der Waals surface area contributed by atoms with Gasteiger partial charge in [-0.05, 0) is 31.5 Å². The van der Waals surface area contributed by atoms with Crippen molar-refractivity contribution in [2.24, 2.45) is 0 Å². The van der Waals surface area contributed by atoms with Crippen molar-refractivity contribution in [3.8, 4) is 5.75 Å². The molecule has 0 aromatic heterocycles. The number of carbonyl (C=O) groups is 1. The molecule has 13 heavy (non-hydrogen) atoms. The molecule has 1 N–H and O–H groups in total. The Kier molecular flexibility index (Phi) is 3.09. The van der Waals surface area contributed by atoms with Gasteiger partial charge in [0.1, 0.15) is 11.5 Å². The Morgan fingerprint density at radius 2 is 2.15 bits per heavy atom. The number of aryl methyl sites for hydroxylation is 1. The van der Waals surface area contributed by atoms with Gasteiger partial charge in [0.2, 0.25) is 0 Å². The molecule has 70 valence electrons. The third-order valence-electron chi connectivity index (χ3n) is 1.78. The van der Waals surface area contributed by atoms with Crippen LogP contribution in [0.25, 0.3) is 0 Å². The van der Waals surface area contributed by atoms with Gasteiger partial charge in [-0.25, -0.2) is 0 Å². The second-order valence-electron chi connectivity index (χ2n) is 3.11. The van der Waals surface area contributed by atoms with Gasteiger partial charge in [-0.1, -0.05) is 15.9 Å². The normalized spacial score (nSPS) is 10.1. The zero-order valence-electron chi connectivity index (χ0n) is 7.60. The van der Waals surface area contributed by atoms with E-state index in [2.05, 4.69) is 15.9 Å². The molecular weight excluding hydrogens is 232 g/mol. The SMILES string of the molecule is CC(=O)Cc1cc(Br)cc(C)c1O. The first-order valence-corrected chi connectivity index (χ1v) is 4.77. The molecular formula is C10H11BrO2. The van der Waals surface area contributed by atoms with Crippen molar-refractivity contribution in [1.29, 1.82) is 0 Å². The number of hydrogen-bond acceptors (Lipinski definition) is 2. The number of aromatic hydroxyl groups is 1. The van der Waals surface area contributed by atoms with Gasteiger partial charge in [0.15, 0.2) is 0 Å². The molecule has 0 amide bonds. The van der Waals surface area contributed by atoms with Gasteiger partial charge in [0.25, 0.3) is 0 Å². The third-order valence-corrected chi connectivity index (χ3v) is 2.24. The molecule has 0 saturated heterocycles. The minimum Gasteiger partial charge on any atom is -0.507 e. The van der Waals surface area contributed by atoms with Crippen LogP contribution in [0.5, 0.6) is 5.75 Å². The number of phenolic OH excluding ortho intramolecular Hbond substituents is 1. The van der Waals surface area contributed by atoms with E-state index in [9.17, 15) is 9.90 Å². The number of carbonyl (C=O) groups excluding carboxylic acids is 1. The van der Waals surface area contributed by atoms with Gasteiger partial charge in [-0.15, -0.1) is 0 Å². The molecule has 0 spiro atoms. The van der Waals surface area contributed by atoms with Crippen LogP contribution in [0.4, 0.5) is 0 Å². The van der Waals surface area contributed by atoms with E-state index in [0.717, 1.165) is 10.0 Å². The predicted molar refractivity (Wildman–Crippen MR) is 54.9 cm³/mol. The Labute approximate surface area is 85.7 Å². The number of rotatable bonds is 2. The molecule has 0 saturated carbocycles. The Hall–Kier alpha value is -0.830. The maximum atomic E-state index is 10.9. The van der Waals surface area contributed by atoms with Gasteiger partial charge in [-0.2, -0.15) is 0 Å². The quantitative estimate of drug-likeness (QED) is 0.866. The number of halogens is 1. The molecule has 3 heteroatoms. The fourth-order valence-corrected chi connectivity index (χ4v) is 1.83. The molecule has 2 nitrogen and oxygen atoms in total. The summed E-state index contributed by atoms with van der Waals surface area (Å²) in [7, 11) is 0. The Bertz CT molecular complexity index is 345. The van der Waals surface area contributed by atoms with Crippen molar-refractivity contribution in [1.82, 2.24) is 0 Å². The highest BCUT2D eigenvalue weighted by molar-refractivity contribution is 9.10. The van der Waals surface area contributed by atoms with Crippen LogP contribution in [0.2, 0.25) is 0 Å². The first kappa shape index (κ1) is 10.3. The lowest BCUT2D eigenvalue weighted by molar-refractivity contribution is -0.116. The van der Waals surface area contributed by atoms with Crippen molar-refractivity contribution in [2.45, 2.75) is 20.3 Å². The second-order valence-corrected chi connectivity index (χ2v) is 4.02. The Balaban J connectivity index is 3.12. The van der Waals surface area contributed by atoms with Gasteiger partial charge < -0.3 is 5.11 Å². The molecule has 0 unspecified atom stereocenters. The van der Waals surface area contributed by atoms with E-state index in [0.29, 0.717) is 5.56 Å². The summed E-state index contributed by atoms with van der Waals surface area (Å²) in [5, 5.41) is 9.60. The second kappa shape index (κ2) is 3.92. The molecule has 1 aromatic rings. The van der Waals surface area contributed by atoms with E-state index in [4.69, 9.17) is 0 Å². The number of ketones is 1. The summed E-state index contributed by atoms with van der Waals surface area (Å²) in [6.07, 6.45) is 0.284. The monoisotopic (exact) mass is 242 g/mol. The van der Waals surface area contributed by atoms with Crippen LogP contribution in [0.1, 0.15) is 18.1 Å². The smallest absolute Gasteiger partial charge is 0.134 e. The predicted octanol–water partition coefficient (Wildman–Crippen LogP) is 2.59. The summed E-state index contributed by atoms with van der Waals surface area (Å²) in [6, 6.07) is 3.59. The molecule has 0 radical (unpaired) electrons.